The molecule has 0 spiro atoms. The summed E-state index contributed by atoms with van der Waals surface area (Å²) in [5.74, 6) is 9.98. The Morgan fingerprint density at radius 1 is 1.67 bits per heavy atom. The van der Waals surface area contributed by atoms with Gasteiger partial charge in [-0.2, -0.15) is 5.10 Å². The van der Waals surface area contributed by atoms with E-state index < -0.39 is 0 Å². The third-order valence-electron chi connectivity index (χ3n) is 0.565. The quantitative estimate of drug-likeness (QED) is 0.147. The molecule has 0 radical (unpaired) electrons. The normalized spacial score (nSPS) is 12.0. The van der Waals surface area contributed by atoms with Crippen LogP contribution in [0.1, 0.15) is 6.92 Å². The SMILES string of the molecule is C/C=N/N/C(=N/N)NN. The van der Waals surface area contributed by atoms with E-state index in [9.17, 15) is 0 Å². The lowest BCUT2D eigenvalue weighted by molar-refractivity contribution is 0.885. The first kappa shape index (κ1) is 7.70. The van der Waals surface area contributed by atoms with E-state index in [-0.39, 0.29) is 5.96 Å². The molecule has 0 aromatic rings. The Labute approximate surface area is 52.9 Å². The number of hydrazone groups is 2. The zero-order valence-corrected chi connectivity index (χ0v) is 5.13. The third kappa shape index (κ3) is 3.30. The summed E-state index contributed by atoms with van der Waals surface area (Å²) in [5.41, 5.74) is 4.61. The molecule has 0 rings (SSSR count). The number of nitrogens with zero attached hydrogens (tertiary/aromatic N) is 2. The minimum atomic E-state index is 0.216. The molecule has 0 saturated carbocycles. The maximum Gasteiger partial charge on any atom is 0.248 e. The molecule has 6 nitrogen and oxygen atoms in total. The molecule has 0 aliphatic rings. The first-order chi connectivity index (χ1) is 4.35. The molecule has 0 atom stereocenters. The molecule has 0 saturated heterocycles. The monoisotopic (exact) mass is 130 g/mol. The fourth-order valence-corrected chi connectivity index (χ4v) is 0.224. The molecular weight excluding hydrogens is 120 g/mol. The fraction of sp³-hybridized carbons (Fsp3) is 0.333. The van der Waals surface area contributed by atoms with Crippen LogP contribution in [-0.2, 0) is 0 Å². The number of hydrazine groups is 1. The lowest BCUT2D eigenvalue weighted by atomic mass is 10.9. The van der Waals surface area contributed by atoms with Crippen LogP contribution < -0.4 is 22.5 Å². The second kappa shape index (κ2) is 4.85. The molecule has 6 heteroatoms. The van der Waals surface area contributed by atoms with Gasteiger partial charge < -0.3 is 5.84 Å². The molecule has 6 N–H and O–H groups in total. The van der Waals surface area contributed by atoms with Crippen molar-refractivity contribution in [3.05, 3.63) is 0 Å². The van der Waals surface area contributed by atoms with Gasteiger partial charge in [-0.1, -0.05) is 0 Å². The third-order valence-corrected chi connectivity index (χ3v) is 0.565. The summed E-state index contributed by atoms with van der Waals surface area (Å²) in [5, 5.41) is 6.79. The van der Waals surface area contributed by atoms with Crippen molar-refractivity contribution in [2.75, 3.05) is 0 Å². The number of guanidine groups is 1. The van der Waals surface area contributed by atoms with Gasteiger partial charge in [0.05, 0.1) is 0 Å². The zero-order chi connectivity index (χ0) is 7.11. The highest BCUT2D eigenvalue weighted by atomic mass is 15.5. The molecule has 0 aliphatic carbocycles. The van der Waals surface area contributed by atoms with Crippen LogP contribution in [0, 0.1) is 0 Å². The van der Waals surface area contributed by atoms with Gasteiger partial charge in [-0.05, 0) is 6.92 Å². The highest BCUT2D eigenvalue weighted by Crippen LogP contribution is 1.57. The highest BCUT2D eigenvalue weighted by Gasteiger charge is 1.85. The molecule has 0 bridgehead atoms. The van der Waals surface area contributed by atoms with Crippen LogP contribution in [0.15, 0.2) is 10.2 Å². The van der Waals surface area contributed by atoms with Crippen molar-refractivity contribution >= 4 is 12.2 Å². The first-order valence-corrected chi connectivity index (χ1v) is 2.33. The van der Waals surface area contributed by atoms with Gasteiger partial charge in [0.1, 0.15) is 0 Å². The molecule has 0 aromatic carbocycles. The topological polar surface area (TPSA) is 101 Å². The van der Waals surface area contributed by atoms with Crippen molar-refractivity contribution < 1.29 is 0 Å². The molecule has 0 fully saturated rings. The van der Waals surface area contributed by atoms with E-state index in [1.807, 2.05) is 0 Å². The van der Waals surface area contributed by atoms with E-state index in [0.29, 0.717) is 0 Å². The molecule has 0 aliphatic heterocycles. The lowest BCUT2D eigenvalue weighted by Gasteiger charge is -1.99. The van der Waals surface area contributed by atoms with Crippen molar-refractivity contribution in [3.8, 4) is 0 Å². The van der Waals surface area contributed by atoms with Crippen molar-refractivity contribution in [2.45, 2.75) is 6.92 Å². The smallest absolute Gasteiger partial charge is 0.248 e. The molecule has 0 unspecified atom stereocenters. The molecular formula is C3H10N6. The Hall–Kier alpha value is -1.30. The Kier molecular flexibility index (Phi) is 4.15. The molecule has 9 heavy (non-hydrogen) atoms. The molecule has 0 heterocycles. The largest absolute Gasteiger partial charge is 0.320 e. The average molecular weight is 130 g/mol. The summed E-state index contributed by atoms with van der Waals surface area (Å²) < 4.78 is 0. The zero-order valence-electron chi connectivity index (χ0n) is 5.13. The van der Waals surface area contributed by atoms with Gasteiger partial charge in [-0.3, -0.25) is 5.43 Å². The van der Waals surface area contributed by atoms with E-state index in [4.69, 9.17) is 11.7 Å². The van der Waals surface area contributed by atoms with Gasteiger partial charge in [0, 0.05) is 6.21 Å². The van der Waals surface area contributed by atoms with E-state index in [1.54, 1.807) is 13.1 Å². The Balaban J connectivity index is 3.58. The van der Waals surface area contributed by atoms with Crippen molar-refractivity contribution in [3.63, 3.8) is 0 Å². The maximum absolute atomic E-state index is 4.93. The van der Waals surface area contributed by atoms with Crippen LogP contribution in [0.3, 0.4) is 0 Å². The van der Waals surface area contributed by atoms with Crippen molar-refractivity contribution in [1.82, 2.24) is 10.9 Å². The summed E-state index contributed by atoms with van der Waals surface area (Å²) in [6.07, 6.45) is 1.54. The number of rotatable bonds is 1. The van der Waals surface area contributed by atoms with E-state index in [1.165, 1.54) is 0 Å². The maximum atomic E-state index is 4.93. The number of nitrogens with one attached hydrogen (secondary N) is 2. The highest BCUT2D eigenvalue weighted by molar-refractivity contribution is 5.79. The fourth-order valence-electron chi connectivity index (χ4n) is 0.224. The van der Waals surface area contributed by atoms with Crippen LogP contribution in [-0.4, -0.2) is 12.2 Å². The van der Waals surface area contributed by atoms with Crippen LogP contribution in [0.4, 0.5) is 0 Å². The molecule has 52 valence electrons. The van der Waals surface area contributed by atoms with Gasteiger partial charge in [0.25, 0.3) is 0 Å². The Morgan fingerprint density at radius 2 is 2.33 bits per heavy atom. The van der Waals surface area contributed by atoms with E-state index in [0.717, 1.165) is 0 Å². The minimum Gasteiger partial charge on any atom is -0.320 e. The van der Waals surface area contributed by atoms with Crippen LogP contribution in [0.25, 0.3) is 0 Å². The minimum absolute atomic E-state index is 0.216. The second-order valence-corrected chi connectivity index (χ2v) is 1.12. The molecule has 0 aromatic heterocycles. The number of hydrogen-bond acceptors (Lipinski definition) is 4. The van der Waals surface area contributed by atoms with Gasteiger partial charge in [0.15, 0.2) is 0 Å². The van der Waals surface area contributed by atoms with Gasteiger partial charge in [-0.25, -0.2) is 11.3 Å². The summed E-state index contributed by atoms with van der Waals surface area (Å²) in [6, 6.07) is 0. The number of nitrogens with two attached hydrogens (primary N) is 2. The van der Waals surface area contributed by atoms with E-state index in [2.05, 4.69) is 21.1 Å². The predicted molar refractivity (Wildman–Crippen MR) is 36.2 cm³/mol. The average Bonchev–Trinajstić information content (AvgIpc) is 1.91. The summed E-state index contributed by atoms with van der Waals surface area (Å²) >= 11 is 0. The van der Waals surface area contributed by atoms with Crippen LogP contribution in [0.5, 0.6) is 0 Å². The standard InChI is InChI=1S/C3H10N6/c1-2-6-9-3(7-4)8-5/h2H,4-5H2,1H3,(H2,7,8,9)/b6-2+. The van der Waals surface area contributed by atoms with Gasteiger partial charge in [-0.15, -0.1) is 5.10 Å². The Morgan fingerprint density at radius 3 is 2.67 bits per heavy atom. The summed E-state index contributed by atoms with van der Waals surface area (Å²) in [7, 11) is 0. The van der Waals surface area contributed by atoms with Gasteiger partial charge in [0.2, 0.25) is 5.96 Å². The van der Waals surface area contributed by atoms with Crippen LogP contribution in [0.2, 0.25) is 0 Å². The Bertz CT molecular complexity index is 115. The molecule has 0 amide bonds. The summed E-state index contributed by atoms with van der Waals surface area (Å²) in [4.78, 5) is 0. The van der Waals surface area contributed by atoms with Crippen LogP contribution >= 0.6 is 0 Å². The second-order valence-electron chi connectivity index (χ2n) is 1.12. The number of hydrogen-bond donors (Lipinski definition) is 4. The first-order valence-electron chi connectivity index (χ1n) is 2.33. The lowest BCUT2D eigenvalue weighted by Crippen LogP contribution is -2.39. The summed E-state index contributed by atoms with van der Waals surface area (Å²) in [6.45, 7) is 1.75. The predicted octanol–water partition coefficient (Wildman–Crippen LogP) is -1.73. The van der Waals surface area contributed by atoms with Crippen molar-refractivity contribution in [1.29, 1.82) is 0 Å². The van der Waals surface area contributed by atoms with E-state index >= 15 is 0 Å². The van der Waals surface area contributed by atoms with Gasteiger partial charge >= 0.3 is 0 Å². The van der Waals surface area contributed by atoms with Crippen molar-refractivity contribution in [2.24, 2.45) is 21.9 Å².